The average molecular weight is 1020 g/mol. The van der Waals surface area contributed by atoms with E-state index in [4.69, 9.17) is 8.83 Å². The highest BCUT2D eigenvalue weighted by Gasteiger charge is 2.30. The highest BCUT2D eigenvalue weighted by atomic mass is 16.3. The Balaban J connectivity index is 0.994. The number of nitrogens with zero attached hydrogens (tertiary/aromatic N) is 2. The van der Waals surface area contributed by atoms with Crippen molar-refractivity contribution in [3.8, 4) is 0 Å². The number of rotatable bonds is 12. The highest BCUT2D eigenvalue weighted by molar-refractivity contribution is 6.29. The van der Waals surface area contributed by atoms with Gasteiger partial charge in [-0.2, -0.15) is 0 Å². The van der Waals surface area contributed by atoms with Crippen molar-refractivity contribution < 1.29 is 8.83 Å². The predicted octanol–water partition coefficient (Wildman–Crippen LogP) is 22.8. The van der Waals surface area contributed by atoms with Gasteiger partial charge in [0.05, 0.1) is 22.7 Å². The molecule has 78 heavy (non-hydrogen) atoms. The van der Waals surface area contributed by atoms with Crippen LogP contribution in [-0.4, -0.2) is 0 Å². The quantitative estimate of drug-likeness (QED) is 0.114. The van der Waals surface area contributed by atoms with E-state index in [1.807, 2.05) is 0 Å². The Labute approximate surface area is 460 Å². The number of furan rings is 2. The summed E-state index contributed by atoms with van der Waals surface area (Å²) in [6, 6.07) is 64.8. The van der Waals surface area contributed by atoms with Crippen molar-refractivity contribution in [2.45, 2.75) is 141 Å². The van der Waals surface area contributed by atoms with Gasteiger partial charge in [-0.25, -0.2) is 0 Å². The Morgan fingerprint density at radius 3 is 1.10 bits per heavy atom. The minimum atomic E-state index is -0.0466. The molecule has 390 valence electrons. The lowest BCUT2D eigenvalue weighted by atomic mass is 9.81. The second kappa shape index (κ2) is 19.1. The molecule has 4 heteroatoms. The third-order valence-electron chi connectivity index (χ3n) is 19.3. The van der Waals surface area contributed by atoms with Crippen molar-refractivity contribution in [2.75, 3.05) is 9.80 Å². The Kier molecular flexibility index (Phi) is 12.0. The van der Waals surface area contributed by atoms with Gasteiger partial charge in [0, 0.05) is 54.8 Å². The van der Waals surface area contributed by atoms with Gasteiger partial charge in [0.25, 0.3) is 0 Å². The molecule has 2 heterocycles. The van der Waals surface area contributed by atoms with Crippen LogP contribution in [0.1, 0.15) is 153 Å². The summed E-state index contributed by atoms with van der Waals surface area (Å²) in [5.74, 6) is 1.23. The molecule has 2 saturated carbocycles. The van der Waals surface area contributed by atoms with Crippen LogP contribution in [0, 0.1) is 0 Å². The number of anilines is 6. The summed E-state index contributed by atoms with van der Waals surface area (Å²) in [7, 11) is 0. The van der Waals surface area contributed by atoms with Crippen molar-refractivity contribution in [1.82, 2.24) is 0 Å². The van der Waals surface area contributed by atoms with Crippen LogP contribution in [0.25, 0.3) is 76.2 Å². The standard InChI is InChI=1S/C74H72N2O2/c1-7-73(3,4)61-27-15-23-55-57-25-17-29-65(71(57)77-69(55)61)75(53-39-31-49(32-40-53)47-19-11-9-12-20-47)63-45-37-51-36-44-60-64(46-38-52-35-43-59(63)67(51)68(52)60)76(54-41-33-50(34-42-54)48-21-13-10-14-22-48)66-30-18-26-58-56-24-16-28-62(74(5,6)8-2)70(56)78-72(58)66/h15-18,23-48H,7-14,19-22H2,1-6H3. The molecule has 10 aromatic carbocycles. The van der Waals surface area contributed by atoms with Gasteiger partial charge in [0.2, 0.25) is 0 Å². The molecule has 0 spiro atoms. The van der Waals surface area contributed by atoms with Crippen molar-refractivity contribution in [3.63, 3.8) is 0 Å². The molecule has 2 aliphatic carbocycles. The number of para-hydroxylation sites is 4. The Morgan fingerprint density at radius 1 is 0.359 bits per heavy atom. The number of fused-ring (bicyclic) bond motifs is 6. The third kappa shape index (κ3) is 7.90. The Bertz CT molecular complexity index is 3920. The van der Waals surface area contributed by atoms with Crippen LogP contribution in [0.3, 0.4) is 0 Å². The molecule has 0 bridgehead atoms. The van der Waals surface area contributed by atoms with Gasteiger partial charge in [-0.05, 0) is 142 Å². The summed E-state index contributed by atoms with van der Waals surface area (Å²) in [5, 5.41) is 12.0. The minimum Gasteiger partial charge on any atom is -0.454 e. The summed E-state index contributed by atoms with van der Waals surface area (Å²) in [5.41, 5.74) is 15.7. The Morgan fingerprint density at radius 2 is 0.718 bits per heavy atom. The zero-order valence-electron chi connectivity index (χ0n) is 46.5. The first-order chi connectivity index (χ1) is 38.1. The van der Waals surface area contributed by atoms with Crippen molar-refractivity contribution in [1.29, 1.82) is 0 Å². The first-order valence-corrected chi connectivity index (χ1v) is 29.5. The van der Waals surface area contributed by atoms with Gasteiger partial charge < -0.3 is 18.6 Å². The van der Waals surface area contributed by atoms with Crippen molar-refractivity contribution in [3.05, 3.63) is 192 Å². The maximum atomic E-state index is 7.26. The largest absolute Gasteiger partial charge is 0.454 e. The number of hydrogen-bond acceptors (Lipinski definition) is 4. The molecule has 0 atom stereocenters. The van der Waals surface area contributed by atoms with Crippen LogP contribution in [0.5, 0.6) is 0 Å². The monoisotopic (exact) mass is 1020 g/mol. The molecule has 2 aromatic heterocycles. The molecule has 4 nitrogen and oxygen atoms in total. The normalized spacial score (nSPS) is 15.3. The number of hydrogen-bond donors (Lipinski definition) is 0. The topological polar surface area (TPSA) is 32.8 Å². The fraction of sp³-hybridized carbons (Fsp3) is 0.297. The van der Waals surface area contributed by atoms with E-state index in [0.29, 0.717) is 11.8 Å². The van der Waals surface area contributed by atoms with Gasteiger partial charge >= 0.3 is 0 Å². The minimum absolute atomic E-state index is 0.0466. The second-order valence-electron chi connectivity index (χ2n) is 24.5. The van der Waals surface area contributed by atoms with Gasteiger partial charge in [-0.1, -0.05) is 201 Å². The molecule has 0 amide bonds. The van der Waals surface area contributed by atoms with Crippen LogP contribution in [0.2, 0.25) is 0 Å². The Hall–Kier alpha value is -7.56. The first-order valence-electron chi connectivity index (χ1n) is 29.5. The third-order valence-corrected chi connectivity index (χ3v) is 19.3. The van der Waals surface area contributed by atoms with Gasteiger partial charge in [-0.15, -0.1) is 0 Å². The molecule has 12 aromatic rings. The van der Waals surface area contributed by atoms with E-state index in [-0.39, 0.29) is 10.8 Å². The second-order valence-corrected chi connectivity index (χ2v) is 24.5. The smallest absolute Gasteiger partial charge is 0.159 e. The molecule has 0 saturated heterocycles. The molecule has 2 aliphatic rings. The summed E-state index contributed by atoms with van der Waals surface area (Å²) < 4.78 is 14.5. The van der Waals surface area contributed by atoms with Crippen molar-refractivity contribution >= 4 is 110 Å². The van der Waals surface area contributed by atoms with Crippen LogP contribution in [0.4, 0.5) is 34.1 Å². The lowest BCUT2D eigenvalue weighted by molar-refractivity contribution is 0.443. The fourth-order valence-electron chi connectivity index (χ4n) is 14.0. The van der Waals surface area contributed by atoms with E-state index >= 15 is 0 Å². The molecule has 0 radical (unpaired) electrons. The molecule has 0 aliphatic heterocycles. The van der Waals surface area contributed by atoms with E-state index in [2.05, 4.69) is 221 Å². The maximum Gasteiger partial charge on any atom is 0.159 e. The summed E-state index contributed by atoms with van der Waals surface area (Å²) in [4.78, 5) is 4.98. The van der Waals surface area contributed by atoms with Gasteiger partial charge in [0.15, 0.2) is 11.2 Å². The van der Waals surface area contributed by atoms with E-state index in [9.17, 15) is 0 Å². The molecule has 2 fully saturated rings. The zero-order valence-corrected chi connectivity index (χ0v) is 46.5. The van der Waals surface area contributed by atoms with Crippen LogP contribution in [0.15, 0.2) is 179 Å². The maximum absolute atomic E-state index is 7.26. The van der Waals surface area contributed by atoms with Crippen LogP contribution < -0.4 is 9.80 Å². The lowest BCUT2D eigenvalue weighted by Gasteiger charge is -2.30. The van der Waals surface area contributed by atoms with E-state index in [1.165, 1.54) is 119 Å². The lowest BCUT2D eigenvalue weighted by Crippen LogP contribution is -2.15. The number of benzene rings is 10. The van der Waals surface area contributed by atoms with Crippen LogP contribution >= 0.6 is 0 Å². The summed E-state index contributed by atoms with van der Waals surface area (Å²) in [6.07, 6.45) is 15.0. The SMILES string of the molecule is CCC(C)(C)c1cccc2c1oc1c(N(c3ccc(C4CCCCC4)cc3)c3ccc4ccc5c(N(c6ccc(C7CCCCC7)cc6)c6cccc7c6oc6c(C(C)(C)CC)cccc67)ccc6ccc3c4c65)cccc12. The van der Waals surface area contributed by atoms with E-state index in [0.717, 1.165) is 90.8 Å². The van der Waals surface area contributed by atoms with Gasteiger partial charge in [-0.3, -0.25) is 0 Å². The summed E-state index contributed by atoms with van der Waals surface area (Å²) in [6.45, 7) is 13.9. The van der Waals surface area contributed by atoms with E-state index in [1.54, 1.807) is 0 Å². The molecular weight excluding hydrogens is 949 g/mol. The average Bonchev–Trinajstić information content (AvgIpc) is 4.16. The van der Waals surface area contributed by atoms with Crippen LogP contribution in [-0.2, 0) is 10.8 Å². The van der Waals surface area contributed by atoms with Gasteiger partial charge in [0.1, 0.15) is 11.2 Å². The predicted molar refractivity (Wildman–Crippen MR) is 332 cm³/mol. The zero-order chi connectivity index (χ0) is 52.9. The first kappa shape index (κ1) is 48.8. The molecule has 14 rings (SSSR count). The molecule has 0 N–H and O–H groups in total. The van der Waals surface area contributed by atoms with E-state index < -0.39 is 0 Å². The molecule has 0 unspecified atom stereocenters. The van der Waals surface area contributed by atoms with Crippen molar-refractivity contribution in [2.24, 2.45) is 0 Å². The molecular formula is C74H72N2O2. The summed E-state index contributed by atoms with van der Waals surface area (Å²) >= 11 is 0. The highest BCUT2D eigenvalue weighted by Crippen LogP contribution is 2.52. The fourth-order valence-corrected chi connectivity index (χ4v) is 14.0.